The molecule has 3 aromatic rings. The Morgan fingerprint density at radius 1 is 1.15 bits per heavy atom. The van der Waals surface area contributed by atoms with Gasteiger partial charge in [-0.25, -0.2) is 4.21 Å². The molecule has 1 atom stereocenters. The van der Waals surface area contributed by atoms with E-state index in [1.54, 1.807) is 29.8 Å². The number of anilines is 1. The molecule has 0 fully saturated rings. The van der Waals surface area contributed by atoms with Crippen molar-refractivity contribution in [3.05, 3.63) is 93.4 Å². The second-order valence-electron chi connectivity index (χ2n) is 7.87. The second-order valence-corrected chi connectivity index (χ2v) is 8.78. The number of aromatic nitrogens is 1. The topological polar surface area (TPSA) is 101 Å². The van der Waals surface area contributed by atoms with Crippen molar-refractivity contribution in [2.24, 2.45) is 7.05 Å². The summed E-state index contributed by atoms with van der Waals surface area (Å²) in [5, 5.41) is 2.80. The van der Waals surface area contributed by atoms with E-state index in [1.165, 1.54) is 10.4 Å². The van der Waals surface area contributed by atoms with Gasteiger partial charge in [0.05, 0.1) is 12.2 Å². The van der Waals surface area contributed by atoms with Gasteiger partial charge in [-0.3, -0.25) is 18.4 Å². The molecule has 0 aliphatic rings. The highest BCUT2D eigenvalue weighted by atomic mass is 32.2. The Hall–Kier alpha value is -3.43. The summed E-state index contributed by atoms with van der Waals surface area (Å²) in [5.74, 6) is -0.505. The van der Waals surface area contributed by atoms with Gasteiger partial charge in [0.1, 0.15) is 6.61 Å². The zero-order chi connectivity index (χ0) is 24.7. The Kier molecular flexibility index (Phi) is 8.61. The van der Waals surface area contributed by atoms with Crippen LogP contribution in [0.5, 0.6) is 5.75 Å². The Bertz CT molecular complexity index is 1230. The zero-order valence-corrected chi connectivity index (χ0v) is 20.3. The van der Waals surface area contributed by atoms with E-state index in [2.05, 4.69) is 5.32 Å². The molecule has 0 saturated heterocycles. The van der Waals surface area contributed by atoms with Crippen molar-refractivity contribution in [1.82, 2.24) is 9.88 Å². The molecule has 1 aromatic heterocycles. The molecule has 1 unspecified atom stereocenters. The first kappa shape index (κ1) is 25.2. The van der Waals surface area contributed by atoms with Crippen molar-refractivity contribution in [2.45, 2.75) is 33.4 Å². The summed E-state index contributed by atoms with van der Waals surface area (Å²) < 4.78 is 30.7. The van der Waals surface area contributed by atoms with Crippen molar-refractivity contribution in [1.29, 1.82) is 0 Å². The summed E-state index contributed by atoms with van der Waals surface area (Å²) in [4.78, 5) is 26.1. The molecule has 34 heavy (non-hydrogen) atoms. The number of carbonyl (C=O) groups is 1. The number of rotatable bonds is 10. The van der Waals surface area contributed by atoms with Crippen molar-refractivity contribution >= 4 is 22.9 Å². The fraction of sp³-hybridized carbons (Fsp3) is 0.280. The predicted octanol–water partition coefficient (Wildman–Crippen LogP) is 3.56. The van der Waals surface area contributed by atoms with Crippen LogP contribution in [0.15, 0.2) is 65.5 Å². The van der Waals surface area contributed by atoms with E-state index in [4.69, 9.17) is 4.74 Å². The van der Waals surface area contributed by atoms with Crippen molar-refractivity contribution < 1.29 is 18.3 Å². The van der Waals surface area contributed by atoms with E-state index in [0.717, 1.165) is 17.5 Å². The van der Waals surface area contributed by atoms with Crippen molar-refractivity contribution in [2.75, 3.05) is 10.8 Å². The summed E-state index contributed by atoms with van der Waals surface area (Å²) in [7, 11) is 1.64. The third-order valence-corrected chi connectivity index (χ3v) is 5.98. The first-order valence-corrected chi connectivity index (χ1v) is 12.0. The highest BCUT2D eigenvalue weighted by molar-refractivity contribution is 7.80. The van der Waals surface area contributed by atoms with Gasteiger partial charge in [-0.1, -0.05) is 49.4 Å². The highest BCUT2D eigenvalue weighted by Gasteiger charge is 2.23. The largest absolute Gasteiger partial charge is 0.483 e. The van der Waals surface area contributed by atoms with Crippen LogP contribution in [0.25, 0.3) is 0 Å². The van der Waals surface area contributed by atoms with Gasteiger partial charge in [-0.15, -0.1) is 0 Å². The third kappa shape index (κ3) is 6.12. The van der Waals surface area contributed by atoms with E-state index >= 15 is 0 Å². The number of amides is 1. The van der Waals surface area contributed by atoms with Gasteiger partial charge in [0, 0.05) is 25.4 Å². The number of nitrogens with zero attached hydrogens (tertiary/aromatic N) is 2. The first-order valence-electron chi connectivity index (χ1n) is 10.9. The maximum atomic E-state index is 13.1. The SMILES string of the molecule is CCCNC(=O)c1c(OCc2ccccc2)c(=O)cc(CN(c2cccc(C)c2)S(=O)O)n1C. The molecule has 0 aliphatic carbocycles. The minimum absolute atomic E-state index is 0.0593. The molecule has 0 bridgehead atoms. The Labute approximate surface area is 201 Å². The molecular formula is C25H29N3O5S. The number of ether oxygens (including phenoxy) is 1. The van der Waals surface area contributed by atoms with Crippen LogP contribution >= 0.6 is 0 Å². The normalized spacial score (nSPS) is 11.6. The zero-order valence-electron chi connectivity index (χ0n) is 19.5. The predicted molar refractivity (Wildman–Crippen MR) is 133 cm³/mol. The lowest BCUT2D eigenvalue weighted by Gasteiger charge is -2.24. The van der Waals surface area contributed by atoms with Crippen LogP contribution in [0.4, 0.5) is 5.69 Å². The van der Waals surface area contributed by atoms with Crippen molar-refractivity contribution in [3.63, 3.8) is 0 Å². The second kappa shape index (κ2) is 11.6. The average molecular weight is 484 g/mol. The molecular weight excluding hydrogens is 454 g/mol. The molecule has 0 radical (unpaired) electrons. The number of carbonyl (C=O) groups excluding carboxylic acids is 1. The average Bonchev–Trinajstić information content (AvgIpc) is 2.82. The lowest BCUT2D eigenvalue weighted by molar-refractivity contribution is 0.0938. The lowest BCUT2D eigenvalue weighted by atomic mass is 10.2. The van der Waals surface area contributed by atoms with Crippen LogP contribution in [0.1, 0.15) is 40.7 Å². The molecule has 0 aliphatic heterocycles. The summed E-state index contributed by atoms with van der Waals surface area (Å²) in [5.41, 5.74) is 2.29. The maximum Gasteiger partial charge on any atom is 0.271 e. The molecule has 1 amide bonds. The van der Waals surface area contributed by atoms with Crippen LogP contribution in [0.3, 0.4) is 0 Å². The summed E-state index contributed by atoms with van der Waals surface area (Å²) in [6.45, 7) is 4.31. The number of nitrogens with one attached hydrogen (secondary N) is 1. The van der Waals surface area contributed by atoms with E-state index in [-0.39, 0.29) is 24.6 Å². The van der Waals surface area contributed by atoms with Crippen LogP contribution < -0.4 is 19.8 Å². The molecule has 0 spiro atoms. The minimum Gasteiger partial charge on any atom is -0.483 e. The van der Waals surface area contributed by atoms with Gasteiger partial charge >= 0.3 is 0 Å². The molecule has 0 saturated carbocycles. The van der Waals surface area contributed by atoms with Gasteiger partial charge in [0.15, 0.2) is 11.4 Å². The van der Waals surface area contributed by atoms with Gasteiger partial charge in [-0.05, 0) is 36.6 Å². The molecule has 9 heteroatoms. The van der Waals surface area contributed by atoms with Gasteiger partial charge in [-0.2, -0.15) is 0 Å². The molecule has 180 valence electrons. The van der Waals surface area contributed by atoms with Crippen LogP contribution in [-0.2, 0) is 31.5 Å². The van der Waals surface area contributed by atoms with Crippen molar-refractivity contribution in [3.8, 4) is 5.75 Å². The Morgan fingerprint density at radius 2 is 1.88 bits per heavy atom. The van der Waals surface area contributed by atoms with Gasteiger partial charge < -0.3 is 14.6 Å². The number of hydrogen-bond donors (Lipinski definition) is 2. The van der Waals surface area contributed by atoms with Crippen LogP contribution in [-0.4, -0.2) is 25.8 Å². The molecule has 2 aromatic carbocycles. The fourth-order valence-corrected chi connectivity index (χ4v) is 4.03. The fourth-order valence-electron chi connectivity index (χ4n) is 3.49. The molecule has 1 heterocycles. The van der Waals surface area contributed by atoms with Crippen LogP contribution in [0.2, 0.25) is 0 Å². The molecule has 2 N–H and O–H groups in total. The minimum atomic E-state index is -2.35. The number of pyridine rings is 1. The van der Waals surface area contributed by atoms with E-state index in [0.29, 0.717) is 17.9 Å². The van der Waals surface area contributed by atoms with E-state index < -0.39 is 22.6 Å². The maximum absolute atomic E-state index is 13.1. The Balaban J connectivity index is 2.02. The Morgan fingerprint density at radius 3 is 2.53 bits per heavy atom. The van der Waals surface area contributed by atoms with E-state index in [1.807, 2.05) is 50.2 Å². The van der Waals surface area contributed by atoms with Gasteiger partial charge in [0.2, 0.25) is 5.43 Å². The molecule has 3 rings (SSSR count). The quantitative estimate of drug-likeness (QED) is 0.430. The standard InChI is InChI=1S/C25H29N3O5S/c1-4-13-26-25(30)23-24(33-17-19-10-6-5-7-11-19)22(29)15-21(27(23)3)16-28(34(31)32)20-12-8-9-18(2)14-20/h5-12,14-15H,4,13,16-17H2,1-3H3,(H,26,30)(H,31,32). The smallest absolute Gasteiger partial charge is 0.271 e. The third-order valence-electron chi connectivity index (χ3n) is 5.26. The first-order chi connectivity index (χ1) is 16.3. The summed E-state index contributed by atoms with van der Waals surface area (Å²) in [6, 6.07) is 17.8. The highest BCUT2D eigenvalue weighted by Crippen LogP contribution is 2.22. The van der Waals surface area contributed by atoms with Gasteiger partial charge in [0.25, 0.3) is 17.2 Å². The monoisotopic (exact) mass is 483 g/mol. The number of hydrogen-bond acceptors (Lipinski definition) is 4. The lowest BCUT2D eigenvalue weighted by Crippen LogP contribution is -2.33. The number of benzene rings is 2. The summed E-state index contributed by atoms with van der Waals surface area (Å²) >= 11 is -2.35. The molecule has 8 nitrogen and oxygen atoms in total. The van der Waals surface area contributed by atoms with Crippen LogP contribution in [0, 0.1) is 6.92 Å². The summed E-state index contributed by atoms with van der Waals surface area (Å²) in [6.07, 6.45) is 0.726. The van der Waals surface area contributed by atoms with E-state index in [9.17, 15) is 18.4 Å². The number of aryl methyl sites for hydroxylation is 1.